The van der Waals surface area contributed by atoms with E-state index in [1.165, 1.54) is 7.11 Å². The summed E-state index contributed by atoms with van der Waals surface area (Å²) in [4.78, 5) is 25.6. The Morgan fingerprint density at radius 3 is 2.33 bits per heavy atom. The number of methoxy groups -OCH3 is 1. The van der Waals surface area contributed by atoms with Crippen molar-refractivity contribution >= 4 is 11.8 Å². The largest absolute Gasteiger partial charge is 0.496 e. The molecule has 2 aromatic rings. The molecular weight excluding hydrogens is 304 g/mol. The van der Waals surface area contributed by atoms with Crippen LogP contribution >= 0.6 is 0 Å². The summed E-state index contributed by atoms with van der Waals surface area (Å²) in [5, 5.41) is 0. The van der Waals surface area contributed by atoms with Crippen LogP contribution < -0.4 is 10.5 Å². The van der Waals surface area contributed by atoms with Gasteiger partial charge < -0.3 is 15.4 Å². The standard InChI is InChI=1S/C19H22N2O3/c1-24-17-10-6-5-9-16(17)19(23)21(14-12-18(20)22)13-11-15-7-3-2-4-8-15/h2-10H,11-14H2,1H3,(H2,20,22). The fourth-order valence-electron chi connectivity index (χ4n) is 2.46. The highest BCUT2D eigenvalue weighted by molar-refractivity contribution is 5.97. The van der Waals surface area contributed by atoms with Crippen molar-refractivity contribution in [2.75, 3.05) is 20.2 Å². The first kappa shape index (κ1) is 17.5. The minimum absolute atomic E-state index is 0.135. The third kappa shape index (κ3) is 4.84. The molecule has 0 aromatic heterocycles. The lowest BCUT2D eigenvalue weighted by Gasteiger charge is -2.23. The molecule has 0 radical (unpaired) electrons. The number of benzene rings is 2. The SMILES string of the molecule is COc1ccccc1C(=O)N(CCC(N)=O)CCc1ccccc1. The number of ether oxygens (including phenoxy) is 1. The predicted molar refractivity (Wildman–Crippen MR) is 92.9 cm³/mol. The normalized spacial score (nSPS) is 10.2. The van der Waals surface area contributed by atoms with E-state index in [0.29, 0.717) is 30.8 Å². The van der Waals surface area contributed by atoms with Gasteiger partial charge in [0.05, 0.1) is 12.7 Å². The highest BCUT2D eigenvalue weighted by Gasteiger charge is 2.19. The fraction of sp³-hybridized carbons (Fsp3) is 0.263. The van der Waals surface area contributed by atoms with Crippen LogP contribution in [-0.2, 0) is 11.2 Å². The number of hydrogen-bond donors (Lipinski definition) is 1. The van der Waals surface area contributed by atoms with E-state index >= 15 is 0 Å². The number of carbonyl (C=O) groups is 2. The molecule has 5 heteroatoms. The minimum Gasteiger partial charge on any atom is -0.496 e. The summed E-state index contributed by atoms with van der Waals surface area (Å²) in [6.45, 7) is 0.799. The van der Waals surface area contributed by atoms with E-state index in [2.05, 4.69) is 0 Å². The topological polar surface area (TPSA) is 72.6 Å². The molecule has 24 heavy (non-hydrogen) atoms. The van der Waals surface area contributed by atoms with Crippen LogP contribution in [-0.4, -0.2) is 36.9 Å². The van der Waals surface area contributed by atoms with Gasteiger partial charge in [0.1, 0.15) is 5.75 Å². The van der Waals surface area contributed by atoms with E-state index in [9.17, 15) is 9.59 Å². The monoisotopic (exact) mass is 326 g/mol. The quantitative estimate of drug-likeness (QED) is 0.809. The summed E-state index contributed by atoms with van der Waals surface area (Å²) in [7, 11) is 1.53. The number of nitrogens with zero attached hydrogens (tertiary/aromatic N) is 1. The smallest absolute Gasteiger partial charge is 0.257 e. The molecule has 0 aliphatic heterocycles. The van der Waals surface area contributed by atoms with Crippen LogP contribution in [0.4, 0.5) is 0 Å². The maximum Gasteiger partial charge on any atom is 0.257 e. The van der Waals surface area contributed by atoms with E-state index in [1.807, 2.05) is 36.4 Å². The first-order chi connectivity index (χ1) is 11.6. The molecule has 126 valence electrons. The van der Waals surface area contributed by atoms with Crippen molar-refractivity contribution in [2.24, 2.45) is 5.73 Å². The van der Waals surface area contributed by atoms with Crippen LogP contribution in [0.2, 0.25) is 0 Å². The number of para-hydroxylation sites is 1. The fourth-order valence-corrected chi connectivity index (χ4v) is 2.46. The summed E-state index contributed by atoms with van der Waals surface area (Å²) in [5.41, 5.74) is 6.86. The van der Waals surface area contributed by atoms with Crippen molar-refractivity contribution in [1.29, 1.82) is 0 Å². The molecule has 0 saturated heterocycles. The van der Waals surface area contributed by atoms with Crippen LogP contribution in [0.25, 0.3) is 0 Å². The van der Waals surface area contributed by atoms with Gasteiger partial charge in [-0.1, -0.05) is 42.5 Å². The van der Waals surface area contributed by atoms with Crippen molar-refractivity contribution < 1.29 is 14.3 Å². The maximum atomic E-state index is 12.9. The minimum atomic E-state index is -0.424. The number of primary amides is 1. The molecule has 0 atom stereocenters. The molecule has 0 saturated carbocycles. The lowest BCUT2D eigenvalue weighted by molar-refractivity contribution is -0.118. The Kier molecular flexibility index (Phi) is 6.37. The van der Waals surface area contributed by atoms with E-state index in [4.69, 9.17) is 10.5 Å². The molecule has 0 aliphatic rings. The van der Waals surface area contributed by atoms with Gasteiger partial charge >= 0.3 is 0 Å². The van der Waals surface area contributed by atoms with Crippen LogP contribution in [0.5, 0.6) is 5.75 Å². The van der Waals surface area contributed by atoms with Crippen molar-refractivity contribution in [3.8, 4) is 5.75 Å². The molecule has 5 nitrogen and oxygen atoms in total. The lowest BCUT2D eigenvalue weighted by atomic mass is 10.1. The van der Waals surface area contributed by atoms with Gasteiger partial charge in [-0.3, -0.25) is 9.59 Å². The maximum absolute atomic E-state index is 12.9. The zero-order valence-electron chi connectivity index (χ0n) is 13.8. The molecule has 2 amide bonds. The first-order valence-corrected chi connectivity index (χ1v) is 7.86. The first-order valence-electron chi connectivity index (χ1n) is 7.86. The van der Waals surface area contributed by atoms with Crippen molar-refractivity contribution in [2.45, 2.75) is 12.8 Å². The van der Waals surface area contributed by atoms with Crippen molar-refractivity contribution in [3.05, 3.63) is 65.7 Å². The van der Waals surface area contributed by atoms with Gasteiger partial charge in [0.25, 0.3) is 5.91 Å². The second kappa shape index (κ2) is 8.72. The number of carbonyl (C=O) groups excluding carboxylic acids is 2. The van der Waals surface area contributed by atoms with Crippen LogP contribution in [0.1, 0.15) is 22.3 Å². The molecule has 0 heterocycles. The van der Waals surface area contributed by atoms with Gasteiger partial charge in [0, 0.05) is 19.5 Å². The van der Waals surface area contributed by atoms with Crippen LogP contribution in [0.3, 0.4) is 0 Å². The molecule has 0 spiro atoms. The van der Waals surface area contributed by atoms with Gasteiger partial charge in [0.2, 0.25) is 5.91 Å². The Bertz CT molecular complexity index is 686. The highest BCUT2D eigenvalue weighted by Crippen LogP contribution is 2.19. The van der Waals surface area contributed by atoms with E-state index in [0.717, 1.165) is 5.56 Å². The molecular formula is C19H22N2O3. The summed E-state index contributed by atoms with van der Waals surface area (Å²) in [6.07, 6.45) is 0.843. The zero-order valence-corrected chi connectivity index (χ0v) is 13.8. The average Bonchev–Trinajstić information content (AvgIpc) is 2.62. The second-order valence-electron chi connectivity index (χ2n) is 5.44. The Hall–Kier alpha value is -2.82. The second-order valence-corrected chi connectivity index (χ2v) is 5.44. The van der Waals surface area contributed by atoms with Crippen molar-refractivity contribution in [1.82, 2.24) is 4.90 Å². The lowest BCUT2D eigenvalue weighted by Crippen LogP contribution is -2.35. The predicted octanol–water partition coefficient (Wildman–Crippen LogP) is 2.26. The summed E-state index contributed by atoms with van der Waals surface area (Å²) in [5.74, 6) is -0.0662. The van der Waals surface area contributed by atoms with Gasteiger partial charge in [-0.25, -0.2) is 0 Å². The van der Waals surface area contributed by atoms with Crippen LogP contribution in [0, 0.1) is 0 Å². The molecule has 2 N–H and O–H groups in total. The summed E-state index contributed by atoms with van der Waals surface area (Å²) < 4.78 is 5.27. The average molecular weight is 326 g/mol. The number of nitrogens with two attached hydrogens (primary N) is 1. The number of hydrogen-bond acceptors (Lipinski definition) is 3. The Morgan fingerprint density at radius 2 is 1.67 bits per heavy atom. The number of rotatable bonds is 8. The van der Waals surface area contributed by atoms with Gasteiger partial charge in [-0.05, 0) is 24.1 Å². The van der Waals surface area contributed by atoms with Crippen LogP contribution in [0.15, 0.2) is 54.6 Å². The molecule has 2 aromatic carbocycles. The van der Waals surface area contributed by atoms with Crippen molar-refractivity contribution in [3.63, 3.8) is 0 Å². The molecule has 0 unspecified atom stereocenters. The number of amides is 2. The summed E-state index contributed by atoms with van der Waals surface area (Å²) >= 11 is 0. The summed E-state index contributed by atoms with van der Waals surface area (Å²) in [6, 6.07) is 17.0. The van der Waals surface area contributed by atoms with Gasteiger partial charge in [-0.2, -0.15) is 0 Å². The molecule has 2 rings (SSSR count). The Balaban J connectivity index is 2.14. The third-order valence-electron chi connectivity index (χ3n) is 3.77. The Morgan fingerprint density at radius 1 is 1.00 bits per heavy atom. The van der Waals surface area contributed by atoms with E-state index in [1.54, 1.807) is 23.1 Å². The van der Waals surface area contributed by atoms with E-state index in [-0.39, 0.29) is 12.3 Å². The highest BCUT2D eigenvalue weighted by atomic mass is 16.5. The van der Waals surface area contributed by atoms with Gasteiger partial charge in [-0.15, -0.1) is 0 Å². The molecule has 0 bridgehead atoms. The van der Waals surface area contributed by atoms with E-state index < -0.39 is 5.91 Å². The Labute approximate surface area is 142 Å². The molecule has 0 aliphatic carbocycles. The molecule has 0 fully saturated rings. The third-order valence-corrected chi connectivity index (χ3v) is 3.77. The zero-order chi connectivity index (χ0) is 17.4. The van der Waals surface area contributed by atoms with Gasteiger partial charge in [0.15, 0.2) is 0 Å².